The maximum Gasteiger partial charge on any atom is 0.416 e. The van der Waals surface area contributed by atoms with E-state index in [0.717, 1.165) is 10.5 Å². The lowest BCUT2D eigenvalue weighted by molar-refractivity contribution is -0.141. The van der Waals surface area contributed by atoms with Gasteiger partial charge in [-0.1, -0.05) is 30.3 Å². The first-order chi connectivity index (χ1) is 11.5. The topological polar surface area (TPSA) is 55.8 Å². The summed E-state index contributed by atoms with van der Waals surface area (Å²) in [5.74, 6) is -2.81. The Hall–Kier alpha value is -2.09. The van der Waals surface area contributed by atoms with Crippen LogP contribution in [0.5, 0.6) is 0 Å². The Balaban J connectivity index is 2.18. The highest BCUT2D eigenvalue weighted by atomic mass is 19.3. The number of hydrogen-bond acceptors (Lipinski definition) is 4. The van der Waals surface area contributed by atoms with Crippen LogP contribution in [0, 0.1) is 5.92 Å². The van der Waals surface area contributed by atoms with Gasteiger partial charge in [0.2, 0.25) is 5.91 Å². The summed E-state index contributed by atoms with van der Waals surface area (Å²) in [6, 6.07) is 8.33. The highest BCUT2D eigenvalue weighted by Crippen LogP contribution is 2.24. The molecule has 0 bridgehead atoms. The summed E-state index contributed by atoms with van der Waals surface area (Å²) >= 11 is 0. The van der Waals surface area contributed by atoms with E-state index in [2.05, 4.69) is 4.74 Å². The molecule has 3 atom stereocenters. The number of benzene rings is 1. The first-order valence-corrected chi connectivity index (χ1v) is 7.40. The van der Waals surface area contributed by atoms with Crippen molar-refractivity contribution in [2.24, 2.45) is 5.92 Å². The van der Waals surface area contributed by atoms with Gasteiger partial charge in [-0.15, -0.1) is 0 Å². The summed E-state index contributed by atoms with van der Waals surface area (Å²) in [5.41, 5.74) is 0.840. The van der Waals surface area contributed by atoms with Crippen LogP contribution in [0.2, 0.25) is 0 Å². The Kier molecular flexibility index (Phi) is 6.19. The van der Waals surface area contributed by atoms with Gasteiger partial charge >= 0.3 is 6.09 Å². The van der Waals surface area contributed by atoms with Crippen LogP contribution in [0.1, 0.15) is 5.56 Å². The van der Waals surface area contributed by atoms with Crippen LogP contribution in [-0.2, 0) is 20.7 Å². The van der Waals surface area contributed by atoms with Crippen molar-refractivity contribution in [1.29, 1.82) is 0 Å². The average molecular weight is 345 g/mol. The summed E-state index contributed by atoms with van der Waals surface area (Å²) in [4.78, 5) is 25.0. The van der Waals surface area contributed by atoms with Crippen LogP contribution in [0.15, 0.2) is 30.3 Å². The van der Waals surface area contributed by atoms with E-state index in [0.29, 0.717) is 6.42 Å². The fraction of sp³-hybridized carbons (Fsp3) is 0.500. The van der Waals surface area contributed by atoms with Crippen molar-refractivity contribution in [2.45, 2.75) is 25.1 Å². The number of cyclic esters (lactones) is 1. The normalized spacial score (nSPS) is 20.1. The van der Waals surface area contributed by atoms with E-state index < -0.39 is 43.2 Å². The number of rotatable bonds is 7. The van der Waals surface area contributed by atoms with Crippen LogP contribution < -0.4 is 0 Å². The Morgan fingerprint density at radius 3 is 2.58 bits per heavy atom. The van der Waals surface area contributed by atoms with Gasteiger partial charge in [-0.3, -0.25) is 4.79 Å². The molecular weight excluding hydrogens is 327 g/mol. The number of amides is 2. The molecule has 0 aliphatic carbocycles. The second kappa shape index (κ2) is 8.14. The van der Waals surface area contributed by atoms with Crippen molar-refractivity contribution in [3.63, 3.8) is 0 Å². The van der Waals surface area contributed by atoms with E-state index in [1.54, 1.807) is 24.3 Å². The minimum atomic E-state index is -3.35. The molecule has 1 aliphatic rings. The lowest BCUT2D eigenvalue weighted by atomic mass is 10.0. The van der Waals surface area contributed by atoms with Gasteiger partial charge in [-0.05, 0) is 12.0 Å². The number of methoxy groups -OCH3 is 1. The van der Waals surface area contributed by atoms with E-state index in [1.165, 1.54) is 7.11 Å². The molecule has 1 aromatic rings. The lowest BCUT2D eigenvalue weighted by Crippen LogP contribution is -2.48. The summed E-state index contributed by atoms with van der Waals surface area (Å²) in [5, 5.41) is 0. The molecule has 5 nitrogen and oxygen atoms in total. The smallest absolute Gasteiger partial charge is 0.416 e. The highest BCUT2D eigenvalue weighted by Gasteiger charge is 2.45. The number of hydrogen-bond donors (Lipinski definition) is 0. The lowest BCUT2D eigenvalue weighted by Gasteiger charge is -2.26. The van der Waals surface area contributed by atoms with E-state index in [4.69, 9.17) is 4.74 Å². The van der Waals surface area contributed by atoms with Crippen LogP contribution in [-0.4, -0.2) is 55.9 Å². The zero-order valence-corrected chi connectivity index (χ0v) is 13.0. The number of imide groups is 1. The van der Waals surface area contributed by atoms with Gasteiger partial charge in [0, 0.05) is 7.11 Å². The van der Waals surface area contributed by atoms with Crippen molar-refractivity contribution in [3.8, 4) is 0 Å². The number of alkyl halides is 3. The van der Waals surface area contributed by atoms with Gasteiger partial charge in [0.25, 0.3) is 6.43 Å². The number of nitrogens with zero attached hydrogens (tertiary/aromatic N) is 1. The molecule has 24 heavy (non-hydrogen) atoms. The molecule has 1 fully saturated rings. The van der Waals surface area contributed by atoms with Gasteiger partial charge in [-0.25, -0.2) is 22.9 Å². The zero-order chi connectivity index (χ0) is 17.7. The van der Waals surface area contributed by atoms with Gasteiger partial charge in [0.1, 0.15) is 6.61 Å². The second-order valence-corrected chi connectivity index (χ2v) is 5.47. The molecule has 2 rings (SSSR count). The van der Waals surface area contributed by atoms with Gasteiger partial charge in [-0.2, -0.15) is 0 Å². The molecule has 1 aromatic carbocycles. The fourth-order valence-electron chi connectivity index (χ4n) is 2.60. The molecule has 0 aromatic heterocycles. The minimum absolute atomic E-state index is 0.0647. The molecule has 1 aliphatic heterocycles. The van der Waals surface area contributed by atoms with Crippen LogP contribution in [0.4, 0.5) is 18.0 Å². The molecule has 8 heteroatoms. The number of carbonyl (C=O) groups excluding carboxylic acids is 2. The van der Waals surface area contributed by atoms with Crippen molar-refractivity contribution in [1.82, 2.24) is 4.90 Å². The first-order valence-electron chi connectivity index (χ1n) is 7.40. The van der Waals surface area contributed by atoms with Crippen molar-refractivity contribution < 1.29 is 32.2 Å². The van der Waals surface area contributed by atoms with Crippen molar-refractivity contribution in [3.05, 3.63) is 35.9 Å². The second-order valence-electron chi connectivity index (χ2n) is 5.47. The summed E-state index contributed by atoms with van der Waals surface area (Å²) in [7, 11) is 1.17. The monoisotopic (exact) mass is 345 g/mol. The Bertz CT molecular complexity index is 570. The molecular formula is C16H18F3NO4. The molecule has 0 radical (unpaired) electrons. The van der Waals surface area contributed by atoms with E-state index in [-0.39, 0.29) is 6.61 Å². The first kappa shape index (κ1) is 18.3. The molecule has 3 unspecified atom stereocenters. The predicted octanol–water partition coefficient (Wildman–Crippen LogP) is 2.44. The van der Waals surface area contributed by atoms with Crippen molar-refractivity contribution >= 4 is 12.0 Å². The number of halogens is 3. The van der Waals surface area contributed by atoms with Crippen LogP contribution in [0.25, 0.3) is 0 Å². The van der Waals surface area contributed by atoms with E-state index in [1.807, 2.05) is 6.07 Å². The quantitative estimate of drug-likeness (QED) is 0.762. The van der Waals surface area contributed by atoms with E-state index in [9.17, 15) is 22.8 Å². The third kappa shape index (κ3) is 4.05. The van der Waals surface area contributed by atoms with E-state index >= 15 is 0 Å². The van der Waals surface area contributed by atoms with Gasteiger partial charge in [0.05, 0.1) is 18.6 Å². The van der Waals surface area contributed by atoms with Crippen LogP contribution >= 0.6 is 0 Å². The maximum absolute atomic E-state index is 13.7. The van der Waals surface area contributed by atoms with Gasteiger partial charge in [0.15, 0.2) is 6.17 Å². The highest BCUT2D eigenvalue weighted by molar-refractivity contribution is 5.95. The standard InChI is InChI=1S/C16H18F3NO4/c1-23-9-12(13(17)14(18)19)15(21)20-11(8-24-16(20)22)7-10-5-3-2-4-6-10/h2-6,11-14H,7-9H2,1H3. The Morgan fingerprint density at radius 2 is 2.00 bits per heavy atom. The molecule has 2 amide bonds. The molecule has 0 spiro atoms. The SMILES string of the molecule is COCC(C(=O)N1C(=O)OCC1Cc1ccccc1)C(F)C(F)F. The molecule has 0 N–H and O–H groups in total. The van der Waals surface area contributed by atoms with Gasteiger partial charge < -0.3 is 9.47 Å². The molecule has 0 saturated carbocycles. The average Bonchev–Trinajstić information content (AvgIpc) is 2.92. The minimum Gasteiger partial charge on any atom is -0.447 e. The molecule has 132 valence electrons. The molecule has 1 saturated heterocycles. The molecule has 1 heterocycles. The Morgan fingerprint density at radius 1 is 1.33 bits per heavy atom. The summed E-state index contributed by atoms with van der Waals surface area (Å²) in [6.45, 7) is -0.614. The van der Waals surface area contributed by atoms with Crippen molar-refractivity contribution in [2.75, 3.05) is 20.3 Å². The maximum atomic E-state index is 13.7. The van der Waals surface area contributed by atoms with Crippen LogP contribution in [0.3, 0.4) is 0 Å². The number of ether oxygens (including phenoxy) is 2. The fourth-order valence-corrected chi connectivity index (χ4v) is 2.60. The summed E-state index contributed by atoms with van der Waals surface area (Å²) in [6.07, 6.45) is -6.73. The third-order valence-corrected chi connectivity index (χ3v) is 3.80. The summed E-state index contributed by atoms with van der Waals surface area (Å²) < 4.78 is 48.6. The zero-order valence-electron chi connectivity index (χ0n) is 13.0. The predicted molar refractivity (Wildman–Crippen MR) is 78.4 cm³/mol. The Labute approximate surface area is 137 Å². The number of carbonyl (C=O) groups is 2. The largest absolute Gasteiger partial charge is 0.447 e. The third-order valence-electron chi connectivity index (χ3n) is 3.80.